The summed E-state index contributed by atoms with van der Waals surface area (Å²) in [5.74, 6) is 0.582. The highest BCUT2D eigenvalue weighted by atomic mass is 35.5. The molecule has 0 bridgehead atoms. The van der Waals surface area contributed by atoms with Crippen molar-refractivity contribution in [1.29, 1.82) is 5.26 Å². The zero-order valence-electron chi connectivity index (χ0n) is 19.7. The van der Waals surface area contributed by atoms with Gasteiger partial charge in [-0.05, 0) is 49.8 Å². The molecule has 1 aliphatic carbocycles. The average Bonchev–Trinajstić information content (AvgIpc) is 3.56. The molecule has 12 heteroatoms. The lowest BCUT2D eigenvalue weighted by Gasteiger charge is -2.32. The summed E-state index contributed by atoms with van der Waals surface area (Å²) in [6, 6.07) is 7.04. The third-order valence-electron chi connectivity index (χ3n) is 6.90. The molecule has 2 fully saturated rings. The number of aromatic amines is 1. The van der Waals surface area contributed by atoms with Gasteiger partial charge in [0.05, 0.1) is 24.0 Å². The van der Waals surface area contributed by atoms with Gasteiger partial charge in [-0.2, -0.15) is 10.4 Å². The predicted octanol–water partition coefficient (Wildman–Crippen LogP) is 3.58. The van der Waals surface area contributed by atoms with Crippen molar-refractivity contribution in [3.05, 3.63) is 41.8 Å². The number of amides is 2. The monoisotopic (exact) mass is 518 g/mol. The molecule has 2 aliphatic rings. The Morgan fingerprint density at radius 3 is 2.78 bits per heavy atom. The molecule has 0 spiro atoms. The number of hydrogen-bond donors (Lipinski definition) is 2. The Morgan fingerprint density at radius 1 is 1.22 bits per heavy atom. The number of ether oxygens (including phenoxy) is 1. The van der Waals surface area contributed by atoms with E-state index in [2.05, 4.69) is 31.4 Å². The Hall–Kier alpha value is -4.17. The number of carbonyl (C=O) groups excluding carboxylic acids is 2. The van der Waals surface area contributed by atoms with E-state index in [1.807, 2.05) is 12.1 Å². The molecule has 4 heterocycles. The fraction of sp³-hybridized carbons (Fsp3) is 0.360. The van der Waals surface area contributed by atoms with Crippen LogP contribution in [0.15, 0.2) is 36.8 Å². The van der Waals surface area contributed by atoms with E-state index in [1.165, 1.54) is 6.20 Å². The van der Waals surface area contributed by atoms with Gasteiger partial charge in [-0.25, -0.2) is 19.4 Å². The highest BCUT2D eigenvalue weighted by Crippen LogP contribution is 2.34. The van der Waals surface area contributed by atoms with Crippen LogP contribution in [0.3, 0.4) is 0 Å². The van der Waals surface area contributed by atoms with Gasteiger partial charge < -0.3 is 19.9 Å². The van der Waals surface area contributed by atoms with Crippen molar-refractivity contribution in [3.63, 3.8) is 0 Å². The number of H-pyrrole nitrogens is 1. The van der Waals surface area contributed by atoms with Crippen LogP contribution < -0.4 is 10.1 Å². The van der Waals surface area contributed by atoms with Gasteiger partial charge in [0, 0.05) is 35.6 Å². The molecule has 37 heavy (non-hydrogen) atoms. The Kier molecular flexibility index (Phi) is 5.88. The summed E-state index contributed by atoms with van der Waals surface area (Å²) in [5, 5.41) is 17.7. The Bertz CT molecular complexity index is 1540. The second kappa shape index (κ2) is 9.37. The Labute approximate surface area is 216 Å². The third-order valence-corrected chi connectivity index (χ3v) is 7.14. The maximum absolute atomic E-state index is 13.2. The van der Waals surface area contributed by atoms with Crippen LogP contribution in [-0.2, 0) is 4.79 Å². The predicted molar refractivity (Wildman–Crippen MR) is 134 cm³/mol. The lowest BCUT2D eigenvalue weighted by Crippen LogP contribution is -2.52. The molecule has 1 aliphatic heterocycles. The number of nitrogens with zero attached hydrogens (tertiary/aromatic N) is 6. The van der Waals surface area contributed by atoms with Crippen molar-refractivity contribution in [3.8, 4) is 17.6 Å². The van der Waals surface area contributed by atoms with E-state index < -0.39 is 12.1 Å². The second-order valence-corrected chi connectivity index (χ2v) is 9.85. The van der Waals surface area contributed by atoms with Crippen LogP contribution in [0.4, 0.5) is 4.79 Å². The first-order chi connectivity index (χ1) is 18.0. The van der Waals surface area contributed by atoms with Crippen molar-refractivity contribution in [2.24, 2.45) is 11.8 Å². The fourth-order valence-corrected chi connectivity index (χ4v) is 4.90. The third kappa shape index (κ3) is 4.56. The first kappa shape index (κ1) is 23.2. The maximum Gasteiger partial charge on any atom is 0.413 e. The number of nitrogens with one attached hydrogen (secondary N) is 2. The summed E-state index contributed by atoms with van der Waals surface area (Å²) < 4.78 is 7.21. The fourth-order valence-electron chi connectivity index (χ4n) is 4.72. The lowest BCUT2D eigenvalue weighted by atomic mass is 9.97. The number of fused-ring (bicyclic) bond motifs is 2. The number of nitriles is 1. The van der Waals surface area contributed by atoms with Crippen LogP contribution in [0.25, 0.3) is 27.9 Å². The summed E-state index contributed by atoms with van der Waals surface area (Å²) in [6.45, 7) is 1.04. The van der Waals surface area contributed by atoms with E-state index in [-0.39, 0.29) is 23.5 Å². The Balaban J connectivity index is 1.19. The minimum atomic E-state index is -0.732. The van der Waals surface area contributed by atoms with E-state index in [4.69, 9.17) is 21.6 Å². The zero-order chi connectivity index (χ0) is 25.5. The highest BCUT2D eigenvalue weighted by Gasteiger charge is 2.40. The van der Waals surface area contributed by atoms with Crippen LogP contribution >= 0.6 is 11.6 Å². The summed E-state index contributed by atoms with van der Waals surface area (Å²) in [5.41, 5.74) is 1.61. The molecule has 0 radical (unpaired) electrons. The van der Waals surface area contributed by atoms with Gasteiger partial charge in [-0.1, -0.05) is 11.6 Å². The SMILES string of the molecule is N#CC1CCN(C(=O)[C@H](NC(=O)Oc2c[nH]c3ncc(-n4ncc5cc(Cl)ccc54)nc23)C2CC2)CC1. The summed E-state index contributed by atoms with van der Waals surface area (Å²) in [6.07, 6.45) is 7.08. The van der Waals surface area contributed by atoms with Gasteiger partial charge in [0.15, 0.2) is 22.7 Å². The standard InChI is InChI=1S/C25H23ClN8O3/c26-17-3-4-18-16(9-17)11-30-34(18)20-13-29-23-22(31-20)19(12-28-23)37-25(36)32-21(15-1-2-15)24(35)33-7-5-14(10-27)6-8-33/h3-4,9,11-15,21H,1-2,5-8H2,(H,28,29)(H,32,36)/t21-/m1/s1. The molecule has 1 saturated heterocycles. The van der Waals surface area contributed by atoms with Crippen molar-refractivity contribution in [2.75, 3.05) is 13.1 Å². The molecule has 0 unspecified atom stereocenters. The largest absolute Gasteiger partial charge is 0.413 e. The molecular weight excluding hydrogens is 496 g/mol. The molecular formula is C25H23ClN8O3. The number of rotatable bonds is 5. The van der Waals surface area contributed by atoms with Crippen molar-refractivity contribution in [2.45, 2.75) is 31.7 Å². The number of halogens is 1. The van der Waals surface area contributed by atoms with Gasteiger partial charge >= 0.3 is 6.09 Å². The number of piperidine rings is 1. The van der Waals surface area contributed by atoms with Gasteiger partial charge in [-0.3, -0.25) is 4.79 Å². The molecule has 188 valence electrons. The molecule has 2 amide bonds. The second-order valence-electron chi connectivity index (χ2n) is 9.42. The quantitative estimate of drug-likeness (QED) is 0.411. The molecule has 1 atom stereocenters. The average molecular weight is 519 g/mol. The van der Waals surface area contributed by atoms with Gasteiger partial charge in [-0.15, -0.1) is 0 Å². The topological polar surface area (TPSA) is 142 Å². The molecule has 6 rings (SSSR count). The van der Waals surface area contributed by atoms with Gasteiger partial charge in [0.2, 0.25) is 5.91 Å². The molecule has 3 aromatic heterocycles. The van der Waals surface area contributed by atoms with Gasteiger partial charge in [0.1, 0.15) is 6.04 Å². The normalized spacial score (nSPS) is 17.0. The van der Waals surface area contributed by atoms with E-state index >= 15 is 0 Å². The van der Waals surface area contributed by atoms with Crippen molar-refractivity contribution >= 4 is 45.7 Å². The smallest absolute Gasteiger partial charge is 0.406 e. The van der Waals surface area contributed by atoms with E-state index in [0.717, 1.165) is 23.7 Å². The van der Waals surface area contributed by atoms with Crippen LogP contribution in [0.5, 0.6) is 5.75 Å². The maximum atomic E-state index is 13.2. The summed E-state index contributed by atoms with van der Waals surface area (Å²) >= 11 is 6.08. The van der Waals surface area contributed by atoms with Gasteiger partial charge in [0.25, 0.3) is 0 Å². The molecule has 4 aromatic rings. The van der Waals surface area contributed by atoms with Crippen molar-refractivity contribution in [1.82, 2.24) is 34.9 Å². The van der Waals surface area contributed by atoms with Crippen LogP contribution in [-0.4, -0.2) is 60.8 Å². The summed E-state index contributed by atoms with van der Waals surface area (Å²) in [7, 11) is 0. The number of aromatic nitrogens is 5. The van der Waals surface area contributed by atoms with Crippen LogP contribution in [0.2, 0.25) is 5.02 Å². The number of hydrogen-bond acceptors (Lipinski definition) is 7. The Morgan fingerprint density at radius 2 is 2.03 bits per heavy atom. The zero-order valence-corrected chi connectivity index (χ0v) is 20.5. The van der Waals surface area contributed by atoms with E-state index in [9.17, 15) is 9.59 Å². The number of likely N-dealkylation sites (tertiary alicyclic amines) is 1. The number of benzene rings is 1. The number of carbonyl (C=O) groups is 2. The van der Waals surface area contributed by atoms with Crippen molar-refractivity contribution < 1.29 is 14.3 Å². The lowest BCUT2D eigenvalue weighted by molar-refractivity contribution is -0.135. The summed E-state index contributed by atoms with van der Waals surface area (Å²) in [4.78, 5) is 39.7. The van der Waals surface area contributed by atoms with E-state index in [1.54, 1.807) is 28.0 Å². The first-order valence-electron chi connectivity index (χ1n) is 12.1. The highest BCUT2D eigenvalue weighted by molar-refractivity contribution is 6.31. The molecule has 1 saturated carbocycles. The first-order valence-corrected chi connectivity index (χ1v) is 12.5. The molecule has 11 nitrogen and oxygen atoms in total. The van der Waals surface area contributed by atoms with Crippen LogP contribution in [0.1, 0.15) is 25.7 Å². The molecule has 2 N–H and O–H groups in total. The minimum Gasteiger partial charge on any atom is -0.406 e. The van der Waals surface area contributed by atoms with Crippen LogP contribution in [0, 0.1) is 23.2 Å². The minimum absolute atomic E-state index is 0.0215. The molecule has 1 aromatic carbocycles. The van der Waals surface area contributed by atoms with E-state index in [0.29, 0.717) is 47.9 Å².